The number of esters is 2. The van der Waals surface area contributed by atoms with Gasteiger partial charge >= 0.3 is 48.8 Å². The Morgan fingerprint density at radius 2 is 0.901 bits per heavy atom. The van der Waals surface area contributed by atoms with E-state index < -0.39 is 60.3 Å². The molecule has 6 rings (SSSR count). The van der Waals surface area contributed by atoms with Crippen molar-refractivity contribution >= 4 is 30.4 Å². The number of aldehydes is 1. The number of likely N-dealkylation sites (tertiary alicyclic amines) is 2. The number of halogens is 12. The van der Waals surface area contributed by atoms with E-state index in [-0.39, 0.29) is 76.8 Å². The van der Waals surface area contributed by atoms with E-state index in [0.29, 0.717) is 19.0 Å². The molecule has 4 aliphatic heterocycles. The summed E-state index contributed by atoms with van der Waals surface area (Å²) in [4.78, 5) is 66.5. The van der Waals surface area contributed by atoms with Crippen molar-refractivity contribution in [1.29, 1.82) is 0 Å². The molecule has 15 nitrogen and oxygen atoms in total. The molecule has 2 amide bonds. The first-order valence-corrected chi connectivity index (χ1v) is 26.5. The number of benzene rings is 2. The van der Waals surface area contributed by atoms with Crippen molar-refractivity contribution in [3.05, 3.63) is 69.8 Å². The topological polar surface area (TPSA) is 150 Å². The fourth-order valence-corrected chi connectivity index (χ4v) is 9.48. The van der Waals surface area contributed by atoms with Gasteiger partial charge in [-0.15, -0.1) is 0 Å². The molecule has 2 aromatic rings. The van der Waals surface area contributed by atoms with Gasteiger partial charge in [0.15, 0.2) is 0 Å². The molecule has 4 heterocycles. The first-order valence-electron chi connectivity index (χ1n) is 26.5. The predicted molar refractivity (Wildman–Crippen MR) is 272 cm³/mol. The van der Waals surface area contributed by atoms with Crippen LogP contribution in [0, 0.1) is 13.8 Å². The van der Waals surface area contributed by atoms with Gasteiger partial charge in [0.25, 0.3) is 12.2 Å². The van der Waals surface area contributed by atoms with Gasteiger partial charge in [-0.1, -0.05) is 47.5 Å². The Morgan fingerprint density at radius 1 is 0.531 bits per heavy atom. The maximum Gasteiger partial charge on any atom is 0.434 e. The molecule has 0 atom stereocenters. The Balaban J connectivity index is 0.000000290. The van der Waals surface area contributed by atoms with Crippen molar-refractivity contribution in [3.63, 3.8) is 0 Å². The minimum atomic E-state index is -5.75. The number of carbonyl (C=O) groups is 5. The maximum absolute atomic E-state index is 12.8. The van der Waals surface area contributed by atoms with Gasteiger partial charge in [-0.05, 0) is 136 Å². The van der Waals surface area contributed by atoms with E-state index >= 15 is 0 Å². The zero-order valence-corrected chi connectivity index (χ0v) is 46.7. The standard InChI is InChI=1S/C27H37F6N3O4.C19H27NO3.C8H10F6N2O2/c1-18-5-6-20(21(15-18)19-7-9-34(10-8-19)17-22(37)40-25(2,3)4)16-35-11-13-36(14-12-35)24(38)39-23(26(28,29)30)27(31,32)33;1-14-5-6-16(13-21)17(11-14)15-7-9-20(10-8-15)12-18(22)23-19(2,3)4;9-7(10,11)5(8(12,13)14)18-6(17)16-3-1-15-2-4-16/h5-6,15,19,23H,7-14,16-17H2,1-4H3;5-6,11,13,15H,7-10,12H2,1-4H3;5,15H,1-4H2. The third kappa shape index (κ3) is 23.0. The lowest BCUT2D eigenvalue weighted by Crippen LogP contribution is -2.52. The first-order chi connectivity index (χ1) is 37.3. The summed E-state index contributed by atoms with van der Waals surface area (Å²) in [5.41, 5.74) is 5.53. The van der Waals surface area contributed by atoms with Crippen molar-refractivity contribution in [1.82, 2.24) is 29.8 Å². The molecule has 4 fully saturated rings. The van der Waals surface area contributed by atoms with Crippen LogP contribution >= 0.6 is 0 Å². The molecule has 0 aliphatic carbocycles. The van der Waals surface area contributed by atoms with Crippen LogP contribution in [0.5, 0.6) is 0 Å². The minimum Gasteiger partial charge on any atom is -0.459 e. The number of aryl methyl sites for hydroxylation is 2. The lowest BCUT2D eigenvalue weighted by Gasteiger charge is -2.36. The Kier molecular flexibility index (Phi) is 24.1. The van der Waals surface area contributed by atoms with Gasteiger partial charge in [0, 0.05) is 64.5 Å². The minimum absolute atomic E-state index is 0.00126. The van der Waals surface area contributed by atoms with Crippen LogP contribution in [0.1, 0.15) is 117 Å². The lowest BCUT2D eigenvalue weighted by molar-refractivity contribution is -0.309. The van der Waals surface area contributed by atoms with E-state index in [1.54, 1.807) is 0 Å². The molecule has 81 heavy (non-hydrogen) atoms. The zero-order valence-electron chi connectivity index (χ0n) is 46.7. The van der Waals surface area contributed by atoms with Crippen LogP contribution in [-0.4, -0.2) is 195 Å². The van der Waals surface area contributed by atoms with E-state index in [2.05, 4.69) is 43.6 Å². The summed E-state index contributed by atoms with van der Waals surface area (Å²) in [5, 5.41) is 2.79. The number of piperidine rings is 2. The molecular weight excluding hydrogens is 1100 g/mol. The molecule has 0 spiro atoms. The number of nitrogens with zero attached hydrogens (tertiary/aromatic N) is 5. The average Bonchev–Trinajstić information content (AvgIpc) is 3.34. The number of hydrogen-bond donors (Lipinski definition) is 1. The highest BCUT2D eigenvalue weighted by atomic mass is 19.4. The molecule has 0 unspecified atom stereocenters. The highest BCUT2D eigenvalue weighted by molar-refractivity contribution is 5.78. The molecule has 4 saturated heterocycles. The summed E-state index contributed by atoms with van der Waals surface area (Å²) in [6, 6.07) is 12.2. The van der Waals surface area contributed by atoms with Gasteiger partial charge in [-0.2, -0.15) is 52.7 Å². The number of ether oxygens (including phenoxy) is 4. The summed E-state index contributed by atoms with van der Waals surface area (Å²) in [7, 11) is 0. The molecule has 0 radical (unpaired) electrons. The van der Waals surface area contributed by atoms with Gasteiger partial charge in [0.1, 0.15) is 17.5 Å². The van der Waals surface area contributed by atoms with Crippen LogP contribution < -0.4 is 5.32 Å². The second kappa shape index (κ2) is 28.7. The van der Waals surface area contributed by atoms with Crippen molar-refractivity contribution in [3.8, 4) is 0 Å². The van der Waals surface area contributed by atoms with Crippen LogP contribution in [0.4, 0.5) is 62.3 Å². The molecule has 0 saturated carbocycles. The van der Waals surface area contributed by atoms with Crippen LogP contribution in [0.2, 0.25) is 0 Å². The van der Waals surface area contributed by atoms with Gasteiger partial charge < -0.3 is 34.1 Å². The Morgan fingerprint density at radius 3 is 1.28 bits per heavy atom. The molecule has 27 heteroatoms. The lowest BCUT2D eigenvalue weighted by atomic mass is 9.85. The largest absolute Gasteiger partial charge is 0.459 e. The zero-order chi connectivity index (χ0) is 60.9. The van der Waals surface area contributed by atoms with E-state index in [1.807, 2.05) is 77.6 Å². The van der Waals surface area contributed by atoms with E-state index in [0.717, 1.165) is 90.2 Å². The summed E-state index contributed by atoms with van der Waals surface area (Å²) in [5.74, 6) is 0.255. The summed E-state index contributed by atoms with van der Waals surface area (Å²) < 4.78 is 167. The van der Waals surface area contributed by atoms with Crippen LogP contribution in [0.3, 0.4) is 0 Å². The fourth-order valence-electron chi connectivity index (χ4n) is 9.48. The SMILES string of the molecule is Cc1ccc(C=O)c(C2CCN(CC(=O)OC(C)(C)C)CC2)c1.Cc1ccc(CN2CCN(C(=O)OC(C(F)(F)F)C(F)(F)F)CC2)c(C2CCN(CC(=O)OC(C)(C)C)CC2)c1.O=C(OC(C(F)(F)F)C(F)(F)F)N1CCNCC1. The number of piperazine rings is 2. The molecular formula is C54H74F12N6O9. The molecule has 0 aromatic heterocycles. The van der Waals surface area contributed by atoms with Gasteiger partial charge in [0.05, 0.1) is 13.1 Å². The van der Waals surface area contributed by atoms with Gasteiger partial charge in [-0.25, -0.2) is 9.59 Å². The number of alkyl halides is 12. The normalized spacial score (nSPS) is 18.1. The predicted octanol–water partition coefficient (Wildman–Crippen LogP) is 10.1. The molecule has 458 valence electrons. The van der Waals surface area contributed by atoms with Crippen molar-refractivity contribution < 1.29 is 95.6 Å². The smallest absolute Gasteiger partial charge is 0.434 e. The van der Waals surface area contributed by atoms with Gasteiger partial charge in [0.2, 0.25) is 0 Å². The van der Waals surface area contributed by atoms with Gasteiger partial charge in [-0.3, -0.25) is 29.1 Å². The Bertz CT molecular complexity index is 2350. The highest BCUT2D eigenvalue weighted by Gasteiger charge is 2.61. The van der Waals surface area contributed by atoms with Crippen LogP contribution in [0.25, 0.3) is 0 Å². The van der Waals surface area contributed by atoms with Crippen molar-refractivity contribution in [2.24, 2.45) is 0 Å². The number of carbonyl (C=O) groups excluding carboxylic acids is 5. The Hall–Kier alpha value is -5.41. The Labute approximate surface area is 463 Å². The number of hydrogen-bond acceptors (Lipinski definition) is 13. The summed E-state index contributed by atoms with van der Waals surface area (Å²) in [6.07, 6.45) is -29.7. The quantitative estimate of drug-likeness (QED) is 0.0985. The number of nitrogens with one attached hydrogen (secondary N) is 1. The van der Waals surface area contributed by atoms with Crippen molar-refractivity contribution in [2.45, 2.75) is 148 Å². The highest BCUT2D eigenvalue weighted by Crippen LogP contribution is 2.38. The van der Waals surface area contributed by atoms with Crippen molar-refractivity contribution in [2.75, 3.05) is 91.6 Å². The van der Waals surface area contributed by atoms with Crippen LogP contribution in [-0.2, 0) is 35.1 Å². The second-order valence-electron chi connectivity index (χ2n) is 22.4. The average molecular weight is 1180 g/mol. The third-order valence-electron chi connectivity index (χ3n) is 13.3. The molecule has 1 N–H and O–H groups in total. The van der Waals surface area contributed by atoms with E-state index in [9.17, 15) is 76.7 Å². The summed E-state index contributed by atoms with van der Waals surface area (Å²) in [6.45, 7) is 20.6. The van der Waals surface area contributed by atoms with Crippen LogP contribution in [0.15, 0.2) is 36.4 Å². The first kappa shape index (κ1) is 68.1. The number of amides is 2. The third-order valence-corrected chi connectivity index (χ3v) is 13.3. The number of rotatable bonds is 11. The fraction of sp³-hybridized carbons (Fsp3) is 0.685. The second-order valence-corrected chi connectivity index (χ2v) is 22.4. The molecule has 0 bridgehead atoms. The summed E-state index contributed by atoms with van der Waals surface area (Å²) >= 11 is 0. The van der Waals surface area contributed by atoms with E-state index in [4.69, 9.17) is 9.47 Å². The maximum atomic E-state index is 12.8. The molecule has 4 aliphatic rings. The molecule has 2 aromatic carbocycles. The monoisotopic (exact) mass is 1180 g/mol. The van der Waals surface area contributed by atoms with E-state index in [1.165, 1.54) is 11.1 Å².